The van der Waals surface area contributed by atoms with Crippen molar-refractivity contribution in [2.45, 2.75) is 19.8 Å². The minimum Gasteiger partial charge on any atom is -0.370 e. The lowest BCUT2D eigenvalue weighted by Gasteiger charge is -2.41. The summed E-state index contributed by atoms with van der Waals surface area (Å²) in [6, 6.07) is 6.14. The standard InChI is InChI=1S/C12H15ClIN/c1-2-3-9-7-15(8-9)12-5-4-10(13)6-11(12)14/h4-6,9H,2-3,7-8H2,1H3. The summed E-state index contributed by atoms with van der Waals surface area (Å²) in [7, 11) is 0. The first-order valence-electron chi connectivity index (χ1n) is 5.40. The van der Waals surface area contributed by atoms with Crippen molar-refractivity contribution in [3.8, 4) is 0 Å². The molecule has 1 aromatic carbocycles. The van der Waals surface area contributed by atoms with Crippen LogP contribution in [0.4, 0.5) is 5.69 Å². The van der Waals surface area contributed by atoms with E-state index in [1.54, 1.807) is 0 Å². The van der Waals surface area contributed by atoms with Gasteiger partial charge in [-0.2, -0.15) is 0 Å². The Labute approximate surface area is 110 Å². The van der Waals surface area contributed by atoms with Crippen LogP contribution in [0, 0.1) is 9.49 Å². The predicted molar refractivity (Wildman–Crippen MR) is 74.8 cm³/mol. The maximum absolute atomic E-state index is 5.94. The molecule has 0 aromatic heterocycles. The van der Waals surface area contributed by atoms with E-state index in [2.05, 4.69) is 40.5 Å². The van der Waals surface area contributed by atoms with Crippen molar-refractivity contribution in [1.82, 2.24) is 0 Å². The molecule has 0 spiro atoms. The molecule has 0 saturated carbocycles. The third kappa shape index (κ3) is 2.59. The second-order valence-electron chi connectivity index (χ2n) is 4.16. The van der Waals surface area contributed by atoms with Crippen LogP contribution in [-0.2, 0) is 0 Å². The maximum Gasteiger partial charge on any atom is 0.0503 e. The Kier molecular flexibility index (Phi) is 3.78. The van der Waals surface area contributed by atoms with Crippen LogP contribution in [0.2, 0.25) is 5.02 Å². The summed E-state index contributed by atoms with van der Waals surface area (Å²) < 4.78 is 1.26. The summed E-state index contributed by atoms with van der Waals surface area (Å²) in [4.78, 5) is 2.44. The molecule has 0 N–H and O–H groups in total. The van der Waals surface area contributed by atoms with Gasteiger partial charge >= 0.3 is 0 Å². The molecule has 0 radical (unpaired) electrons. The lowest BCUT2D eigenvalue weighted by molar-refractivity contribution is 0.380. The molecule has 0 bridgehead atoms. The number of rotatable bonds is 3. The fourth-order valence-electron chi connectivity index (χ4n) is 2.10. The van der Waals surface area contributed by atoms with E-state index in [0.29, 0.717) is 0 Å². The Hall–Kier alpha value is 0.0400. The van der Waals surface area contributed by atoms with E-state index in [1.165, 1.54) is 35.2 Å². The Bertz CT molecular complexity index is 347. The minimum atomic E-state index is 0.828. The zero-order valence-corrected chi connectivity index (χ0v) is 11.8. The number of anilines is 1. The SMILES string of the molecule is CCCC1CN(c2ccc(Cl)cc2I)C1. The molecule has 1 aliphatic rings. The van der Waals surface area contributed by atoms with Gasteiger partial charge in [0, 0.05) is 21.7 Å². The van der Waals surface area contributed by atoms with E-state index < -0.39 is 0 Å². The summed E-state index contributed by atoms with van der Waals surface area (Å²) in [6.07, 6.45) is 2.66. The zero-order valence-electron chi connectivity index (χ0n) is 8.84. The van der Waals surface area contributed by atoms with Crippen LogP contribution in [0.3, 0.4) is 0 Å². The molecule has 1 aromatic rings. The van der Waals surface area contributed by atoms with Crippen molar-refractivity contribution in [2.24, 2.45) is 5.92 Å². The first-order chi connectivity index (χ1) is 7.20. The van der Waals surface area contributed by atoms with E-state index in [0.717, 1.165) is 10.9 Å². The Morgan fingerprint density at radius 2 is 2.20 bits per heavy atom. The van der Waals surface area contributed by atoms with E-state index in [4.69, 9.17) is 11.6 Å². The molecular formula is C12H15ClIN. The monoisotopic (exact) mass is 335 g/mol. The molecular weight excluding hydrogens is 320 g/mol. The van der Waals surface area contributed by atoms with Crippen molar-refractivity contribution in [3.63, 3.8) is 0 Å². The van der Waals surface area contributed by atoms with Crippen LogP contribution in [-0.4, -0.2) is 13.1 Å². The van der Waals surface area contributed by atoms with E-state index in [1.807, 2.05) is 12.1 Å². The van der Waals surface area contributed by atoms with Crippen LogP contribution < -0.4 is 4.90 Å². The van der Waals surface area contributed by atoms with E-state index in [9.17, 15) is 0 Å². The molecule has 1 fully saturated rings. The topological polar surface area (TPSA) is 3.24 Å². The fraction of sp³-hybridized carbons (Fsp3) is 0.500. The second kappa shape index (κ2) is 4.91. The highest BCUT2D eigenvalue weighted by atomic mass is 127. The molecule has 0 amide bonds. The molecule has 2 rings (SSSR count). The molecule has 15 heavy (non-hydrogen) atoms. The Balaban J connectivity index is 2.01. The van der Waals surface area contributed by atoms with Crippen molar-refractivity contribution in [2.75, 3.05) is 18.0 Å². The highest BCUT2D eigenvalue weighted by molar-refractivity contribution is 14.1. The summed E-state index contributed by atoms with van der Waals surface area (Å²) in [6.45, 7) is 4.69. The van der Waals surface area contributed by atoms with Gasteiger partial charge < -0.3 is 4.90 Å². The van der Waals surface area contributed by atoms with Crippen LogP contribution >= 0.6 is 34.2 Å². The summed E-state index contributed by atoms with van der Waals surface area (Å²) in [5, 5.41) is 0.828. The Morgan fingerprint density at radius 1 is 1.47 bits per heavy atom. The highest BCUT2D eigenvalue weighted by Gasteiger charge is 2.26. The quantitative estimate of drug-likeness (QED) is 0.749. The van der Waals surface area contributed by atoms with Gasteiger partial charge in [0.2, 0.25) is 0 Å². The van der Waals surface area contributed by atoms with Crippen molar-refractivity contribution < 1.29 is 0 Å². The normalized spacial score (nSPS) is 16.6. The van der Waals surface area contributed by atoms with Crippen LogP contribution in [0.25, 0.3) is 0 Å². The molecule has 1 saturated heterocycles. The van der Waals surface area contributed by atoms with Crippen LogP contribution in [0.1, 0.15) is 19.8 Å². The van der Waals surface area contributed by atoms with Crippen molar-refractivity contribution >= 4 is 39.9 Å². The smallest absolute Gasteiger partial charge is 0.0503 e. The van der Waals surface area contributed by atoms with Gasteiger partial charge in [-0.1, -0.05) is 24.9 Å². The fourth-order valence-corrected chi connectivity index (χ4v) is 3.31. The molecule has 3 heteroatoms. The summed E-state index contributed by atoms with van der Waals surface area (Å²) in [5.41, 5.74) is 1.34. The first-order valence-corrected chi connectivity index (χ1v) is 6.86. The summed E-state index contributed by atoms with van der Waals surface area (Å²) in [5.74, 6) is 0.904. The second-order valence-corrected chi connectivity index (χ2v) is 5.75. The largest absolute Gasteiger partial charge is 0.370 e. The van der Waals surface area contributed by atoms with Gasteiger partial charge in [-0.05, 0) is 53.1 Å². The average Bonchev–Trinajstić information content (AvgIpc) is 2.12. The third-order valence-electron chi connectivity index (χ3n) is 2.90. The first kappa shape index (κ1) is 11.5. The molecule has 0 unspecified atom stereocenters. The molecule has 0 aliphatic carbocycles. The van der Waals surface area contributed by atoms with Crippen LogP contribution in [0.5, 0.6) is 0 Å². The lowest BCUT2D eigenvalue weighted by Crippen LogP contribution is -2.46. The predicted octanol–water partition coefficient (Wildman–Crippen LogP) is 4.18. The molecule has 1 aliphatic heterocycles. The van der Waals surface area contributed by atoms with Gasteiger partial charge in [0.05, 0.1) is 5.69 Å². The number of halogens is 2. The third-order valence-corrected chi connectivity index (χ3v) is 4.00. The van der Waals surface area contributed by atoms with Gasteiger partial charge in [0.1, 0.15) is 0 Å². The number of nitrogens with zero attached hydrogens (tertiary/aromatic N) is 1. The average molecular weight is 336 g/mol. The zero-order chi connectivity index (χ0) is 10.8. The number of hydrogen-bond acceptors (Lipinski definition) is 1. The van der Waals surface area contributed by atoms with E-state index in [-0.39, 0.29) is 0 Å². The highest BCUT2D eigenvalue weighted by Crippen LogP contribution is 2.32. The van der Waals surface area contributed by atoms with Gasteiger partial charge in [0.15, 0.2) is 0 Å². The number of hydrogen-bond donors (Lipinski definition) is 0. The molecule has 0 atom stereocenters. The molecule has 1 heterocycles. The van der Waals surface area contributed by atoms with Gasteiger partial charge in [-0.25, -0.2) is 0 Å². The van der Waals surface area contributed by atoms with Crippen molar-refractivity contribution in [1.29, 1.82) is 0 Å². The molecule has 82 valence electrons. The molecule has 1 nitrogen and oxygen atoms in total. The van der Waals surface area contributed by atoms with E-state index >= 15 is 0 Å². The number of benzene rings is 1. The lowest BCUT2D eigenvalue weighted by atomic mass is 9.94. The van der Waals surface area contributed by atoms with Gasteiger partial charge in [-0.3, -0.25) is 0 Å². The van der Waals surface area contributed by atoms with Crippen molar-refractivity contribution in [3.05, 3.63) is 26.8 Å². The summed E-state index contributed by atoms with van der Waals surface area (Å²) >= 11 is 8.30. The van der Waals surface area contributed by atoms with Crippen LogP contribution in [0.15, 0.2) is 18.2 Å². The maximum atomic E-state index is 5.94. The minimum absolute atomic E-state index is 0.828. The van der Waals surface area contributed by atoms with Gasteiger partial charge in [-0.15, -0.1) is 0 Å². The Morgan fingerprint density at radius 3 is 2.80 bits per heavy atom. The van der Waals surface area contributed by atoms with Gasteiger partial charge in [0.25, 0.3) is 0 Å².